The van der Waals surface area contributed by atoms with Crippen LogP contribution in [0.4, 0.5) is 5.69 Å². The van der Waals surface area contributed by atoms with Gasteiger partial charge in [-0.3, -0.25) is 9.78 Å². The molecule has 4 nitrogen and oxygen atoms in total. The second-order valence-electron chi connectivity index (χ2n) is 4.65. The largest absolute Gasteiger partial charge is 0.322 e. The standard InChI is InChI=1S/C16H19N3O/c1-12-11-14(8-10-18-12)19-16(20)15-6-4-3-5-13(15)7-9-17-2/h3-6,8,10-11,17H,7,9H2,1-2H3,(H,18,19,20). The SMILES string of the molecule is CNCCc1ccccc1C(=O)Nc1ccnc(C)c1. The summed E-state index contributed by atoms with van der Waals surface area (Å²) in [6.45, 7) is 2.75. The van der Waals surface area contributed by atoms with E-state index in [1.165, 1.54) is 0 Å². The van der Waals surface area contributed by atoms with E-state index < -0.39 is 0 Å². The number of aryl methyl sites for hydroxylation is 1. The van der Waals surface area contributed by atoms with Gasteiger partial charge < -0.3 is 10.6 Å². The predicted octanol–water partition coefficient (Wildman–Crippen LogP) is 2.40. The average molecular weight is 269 g/mol. The van der Waals surface area contributed by atoms with Crippen molar-refractivity contribution < 1.29 is 4.79 Å². The summed E-state index contributed by atoms with van der Waals surface area (Å²) in [5.41, 5.74) is 3.42. The van der Waals surface area contributed by atoms with Crippen molar-refractivity contribution in [3.8, 4) is 0 Å². The summed E-state index contributed by atoms with van der Waals surface area (Å²) >= 11 is 0. The summed E-state index contributed by atoms with van der Waals surface area (Å²) in [7, 11) is 1.91. The van der Waals surface area contributed by atoms with Crippen LogP contribution in [0.3, 0.4) is 0 Å². The molecule has 0 atom stereocenters. The Bertz CT molecular complexity index is 596. The summed E-state index contributed by atoms with van der Waals surface area (Å²) in [4.78, 5) is 16.5. The van der Waals surface area contributed by atoms with Crippen molar-refractivity contribution in [1.29, 1.82) is 0 Å². The van der Waals surface area contributed by atoms with Crippen molar-refractivity contribution in [3.63, 3.8) is 0 Å². The highest BCUT2D eigenvalue weighted by atomic mass is 16.1. The van der Waals surface area contributed by atoms with Gasteiger partial charge in [-0.05, 0) is 50.7 Å². The van der Waals surface area contributed by atoms with Crippen LogP contribution in [0.15, 0.2) is 42.6 Å². The lowest BCUT2D eigenvalue weighted by atomic mass is 10.0. The number of carbonyl (C=O) groups is 1. The first-order valence-electron chi connectivity index (χ1n) is 6.67. The highest BCUT2D eigenvalue weighted by Gasteiger charge is 2.10. The van der Waals surface area contributed by atoms with Crippen LogP contribution < -0.4 is 10.6 Å². The second-order valence-corrected chi connectivity index (χ2v) is 4.65. The van der Waals surface area contributed by atoms with Gasteiger partial charge in [-0.25, -0.2) is 0 Å². The van der Waals surface area contributed by atoms with E-state index in [1.54, 1.807) is 12.3 Å². The molecule has 0 aliphatic heterocycles. The second kappa shape index (κ2) is 6.82. The van der Waals surface area contributed by atoms with Crippen LogP contribution in [-0.2, 0) is 6.42 Å². The molecule has 20 heavy (non-hydrogen) atoms. The molecule has 2 rings (SSSR count). The number of carbonyl (C=O) groups excluding carboxylic acids is 1. The van der Waals surface area contributed by atoms with E-state index in [1.807, 2.05) is 44.3 Å². The van der Waals surface area contributed by atoms with Crippen LogP contribution >= 0.6 is 0 Å². The van der Waals surface area contributed by atoms with E-state index in [2.05, 4.69) is 15.6 Å². The Balaban J connectivity index is 2.16. The molecule has 0 aliphatic carbocycles. The van der Waals surface area contributed by atoms with Crippen molar-refractivity contribution in [3.05, 3.63) is 59.4 Å². The summed E-state index contributed by atoms with van der Waals surface area (Å²) in [6, 6.07) is 11.3. The van der Waals surface area contributed by atoms with Crippen LogP contribution in [0.25, 0.3) is 0 Å². The van der Waals surface area contributed by atoms with E-state index in [0.717, 1.165) is 35.5 Å². The number of rotatable bonds is 5. The van der Waals surface area contributed by atoms with Gasteiger partial charge in [-0.2, -0.15) is 0 Å². The zero-order valence-corrected chi connectivity index (χ0v) is 11.8. The first kappa shape index (κ1) is 14.2. The molecule has 0 saturated heterocycles. The van der Waals surface area contributed by atoms with Crippen molar-refractivity contribution in [2.45, 2.75) is 13.3 Å². The number of anilines is 1. The fraction of sp³-hybridized carbons (Fsp3) is 0.250. The first-order valence-corrected chi connectivity index (χ1v) is 6.67. The number of hydrogen-bond acceptors (Lipinski definition) is 3. The van der Waals surface area contributed by atoms with E-state index in [4.69, 9.17) is 0 Å². The summed E-state index contributed by atoms with van der Waals surface area (Å²) in [5, 5.41) is 6.02. The third kappa shape index (κ3) is 3.65. The Labute approximate surface area is 119 Å². The molecule has 1 aromatic carbocycles. The van der Waals surface area contributed by atoms with Gasteiger partial charge >= 0.3 is 0 Å². The molecular formula is C16H19N3O. The number of pyridine rings is 1. The van der Waals surface area contributed by atoms with Gasteiger partial charge in [0.1, 0.15) is 0 Å². The Morgan fingerprint density at radius 1 is 1.25 bits per heavy atom. The Morgan fingerprint density at radius 3 is 2.80 bits per heavy atom. The molecule has 0 saturated carbocycles. The zero-order chi connectivity index (χ0) is 14.4. The lowest BCUT2D eigenvalue weighted by Crippen LogP contribution is -2.17. The molecule has 1 amide bonds. The molecule has 0 spiro atoms. The molecule has 1 heterocycles. The molecule has 1 aromatic heterocycles. The summed E-state index contributed by atoms with van der Waals surface area (Å²) in [5.74, 6) is -0.0812. The Kier molecular flexibility index (Phi) is 4.85. The lowest BCUT2D eigenvalue weighted by Gasteiger charge is -2.10. The van der Waals surface area contributed by atoms with E-state index in [-0.39, 0.29) is 5.91 Å². The third-order valence-electron chi connectivity index (χ3n) is 3.06. The number of hydrogen-bond donors (Lipinski definition) is 2. The molecule has 0 aliphatic rings. The molecule has 4 heteroatoms. The normalized spacial score (nSPS) is 10.3. The minimum Gasteiger partial charge on any atom is -0.322 e. The molecule has 0 bridgehead atoms. The maximum absolute atomic E-state index is 12.4. The number of nitrogens with one attached hydrogen (secondary N) is 2. The van der Waals surface area contributed by atoms with Gasteiger partial charge in [0.2, 0.25) is 0 Å². The van der Waals surface area contributed by atoms with E-state index >= 15 is 0 Å². The van der Waals surface area contributed by atoms with Gasteiger partial charge in [-0.1, -0.05) is 18.2 Å². The van der Waals surface area contributed by atoms with Gasteiger partial charge in [0.15, 0.2) is 0 Å². The monoisotopic (exact) mass is 269 g/mol. The van der Waals surface area contributed by atoms with Crippen LogP contribution in [-0.4, -0.2) is 24.5 Å². The van der Waals surface area contributed by atoms with Crippen LogP contribution in [0, 0.1) is 6.92 Å². The maximum Gasteiger partial charge on any atom is 0.255 e. The van der Waals surface area contributed by atoms with Crippen LogP contribution in [0.5, 0.6) is 0 Å². The fourth-order valence-corrected chi connectivity index (χ4v) is 2.04. The zero-order valence-electron chi connectivity index (χ0n) is 11.8. The van der Waals surface area contributed by atoms with Gasteiger partial charge in [0.05, 0.1) is 0 Å². The lowest BCUT2D eigenvalue weighted by molar-refractivity contribution is 0.102. The molecule has 0 fully saturated rings. The van der Waals surface area contributed by atoms with E-state index in [0.29, 0.717) is 0 Å². The number of nitrogens with zero attached hydrogens (tertiary/aromatic N) is 1. The summed E-state index contributed by atoms with van der Waals surface area (Å²) < 4.78 is 0. The van der Waals surface area contributed by atoms with Crippen molar-refractivity contribution in [1.82, 2.24) is 10.3 Å². The van der Waals surface area contributed by atoms with Crippen molar-refractivity contribution >= 4 is 11.6 Å². The minimum absolute atomic E-state index is 0.0812. The predicted molar refractivity (Wildman–Crippen MR) is 81.0 cm³/mol. The molecule has 2 aromatic rings. The summed E-state index contributed by atoms with van der Waals surface area (Å²) in [6.07, 6.45) is 2.52. The van der Waals surface area contributed by atoms with Crippen LogP contribution in [0.2, 0.25) is 0 Å². The number of amides is 1. The highest BCUT2D eigenvalue weighted by Crippen LogP contribution is 2.13. The number of aromatic nitrogens is 1. The number of likely N-dealkylation sites (N-methyl/N-ethyl adjacent to an activating group) is 1. The average Bonchev–Trinajstić information content (AvgIpc) is 2.45. The Hall–Kier alpha value is -2.20. The maximum atomic E-state index is 12.4. The smallest absolute Gasteiger partial charge is 0.255 e. The molecule has 0 radical (unpaired) electrons. The van der Waals surface area contributed by atoms with Crippen molar-refractivity contribution in [2.24, 2.45) is 0 Å². The van der Waals surface area contributed by atoms with E-state index in [9.17, 15) is 4.79 Å². The third-order valence-corrected chi connectivity index (χ3v) is 3.06. The number of benzene rings is 1. The quantitative estimate of drug-likeness (QED) is 0.876. The van der Waals surface area contributed by atoms with Crippen molar-refractivity contribution in [2.75, 3.05) is 18.9 Å². The fourth-order valence-electron chi connectivity index (χ4n) is 2.04. The Morgan fingerprint density at radius 2 is 2.05 bits per heavy atom. The topological polar surface area (TPSA) is 54.0 Å². The molecule has 104 valence electrons. The molecular weight excluding hydrogens is 250 g/mol. The van der Waals surface area contributed by atoms with Crippen LogP contribution in [0.1, 0.15) is 21.6 Å². The molecule has 0 unspecified atom stereocenters. The first-order chi connectivity index (χ1) is 9.70. The highest BCUT2D eigenvalue weighted by molar-refractivity contribution is 6.05. The minimum atomic E-state index is -0.0812. The van der Waals surface area contributed by atoms with Gasteiger partial charge in [-0.15, -0.1) is 0 Å². The van der Waals surface area contributed by atoms with Gasteiger partial charge in [0, 0.05) is 23.1 Å². The molecule has 2 N–H and O–H groups in total. The van der Waals surface area contributed by atoms with Gasteiger partial charge in [0.25, 0.3) is 5.91 Å².